The van der Waals surface area contributed by atoms with Crippen molar-refractivity contribution in [2.24, 2.45) is 0 Å². The van der Waals surface area contributed by atoms with Crippen molar-refractivity contribution in [3.63, 3.8) is 0 Å². The van der Waals surface area contributed by atoms with Crippen LogP contribution >= 0.6 is 11.6 Å². The van der Waals surface area contributed by atoms with E-state index in [1.165, 1.54) is 5.39 Å². The van der Waals surface area contributed by atoms with Gasteiger partial charge in [-0.2, -0.15) is 0 Å². The van der Waals surface area contributed by atoms with Crippen LogP contribution in [0, 0.1) is 0 Å². The molecule has 2 heteroatoms. The molecule has 0 radical (unpaired) electrons. The van der Waals surface area contributed by atoms with Crippen LogP contribution in [0.3, 0.4) is 0 Å². The molecule has 3 rings (SSSR count). The van der Waals surface area contributed by atoms with Crippen molar-refractivity contribution in [3.8, 4) is 0 Å². The summed E-state index contributed by atoms with van der Waals surface area (Å²) in [6, 6.07) is 18.0. The lowest BCUT2D eigenvalue weighted by Crippen LogP contribution is -1.82. The molecule has 0 fully saturated rings. The first-order valence-electron chi connectivity index (χ1n) is 6.10. The zero-order chi connectivity index (χ0) is 13.1. The standard InChI is InChI=1S/C17H12ClN/c18-15-6-3-4-13(12-15)8-9-17-16-7-2-1-5-14(16)10-11-19-17/h1-12H. The third-order valence-corrected chi connectivity index (χ3v) is 3.22. The summed E-state index contributed by atoms with van der Waals surface area (Å²) in [6.07, 6.45) is 5.88. The van der Waals surface area contributed by atoms with Crippen LogP contribution in [-0.4, -0.2) is 4.98 Å². The first-order chi connectivity index (χ1) is 9.33. The third kappa shape index (κ3) is 2.67. The van der Waals surface area contributed by atoms with E-state index in [2.05, 4.69) is 17.1 Å². The van der Waals surface area contributed by atoms with Crippen LogP contribution in [0.4, 0.5) is 0 Å². The number of benzene rings is 2. The minimum Gasteiger partial charge on any atom is -0.256 e. The van der Waals surface area contributed by atoms with E-state index in [0.29, 0.717) is 0 Å². The highest BCUT2D eigenvalue weighted by Crippen LogP contribution is 2.19. The van der Waals surface area contributed by atoms with E-state index < -0.39 is 0 Å². The molecule has 1 heterocycles. The number of fused-ring (bicyclic) bond motifs is 1. The van der Waals surface area contributed by atoms with Gasteiger partial charge in [0.05, 0.1) is 5.69 Å². The van der Waals surface area contributed by atoms with Crippen molar-refractivity contribution < 1.29 is 0 Å². The fraction of sp³-hybridized carbons (Fsp3) is 0. The Kier molecular flexibility index (Phi) is 3.30. The van der Waals surface area contributed by atoms with Gasteiger partial charge in [-0.15, -0.1) is 0 Å². The van der Waals surface area contributed by atoms with Crippen molar-refractivity contribution in [2.75, 3.05) is 0 Å². The highest BCUT2D eigenvalue weighted by Gasteiger charge is 1.97. The molecule has 0 N–H and O–H groups in total. The van der Waals surface area contributed by atoms with E-state index >= 15 is 0 Å². The maximum Gasteiger partial charge on any atom is 0.0708 e. The lowest BCUT2D eigenvalue weighted by Gasteiger charge is -2.00. The summed E-state index contributed by atoms with van der Waals surface area (Å²) in [7, 11) is 0. The van der Waals surface area contributed by atoms with Gasteiger partial charge in [0.1, 0.15) is 0 Å². The van der Waals surface area contributed by atoms with E-state index in [4.69, 9.17) is 11.6 Å². The zero-order valence-electron chi connectivity index (χ0n) is 10.3. The number of hydrogen-bond acceptors (Lipinski definition) is 1. The average molecular weight is 266 g/mol. The molecule has 1 nitrogen and oxygen atoms in total. The van der Waals surface area contributed by atoms with Gasteiger partial charge in [-0.25, -0.2) is 0 Å². The summed E-state index contributed by atoms with van der Waals surface area (Å²) < 4.78 is 0. The molecule has 0 amide bonds. The van der Waals surface area contributed by atoms with Crippen molar-refractivity contribution in [2.45, 2.75) is 0 Å². The van der Waals surface area contributed by atoms with E-state index in [9.17, 15) is 0 Å². The second kappa shape index (κ2) is 5.25. The Bertz CT molecular complexity index is 742. The lowest BCUT2D eigenvalue weighted by molar-refractivity contribution is 1.33. The van der Waals surface area contributed by atoms with Gasteiger partial charge >= 0.3 is 0 Å². The average Bonchev–Trinajstić information content (AvgIpc) is 2.45. The van der Waals surface area contributed by atoms with E-state index in [0.717, 1.165) is 21.7 Å². The maximum absolute atomic E-state index is 5.97. The monoisotopic (exact) mass is 265 g/mol. The predicted octanol–water partition coefficient (Wildman–Crippen LogP) is 5.06. The number of aromatic nitrogens is 1. The molecule has 0 spiro atoms. The molecule has 0 bridgehead atoms. The largest absolute Gasteiger partial charge is 0.256 e. The second-order valence-corrected chi connectivity index (χ2v) is 4.74. The number of hydrogen-bond donors (Lipinski definition) is 0. The van der Waals surface area contributed by atoms with E-state index in [1.54, 1.807) is 0 Å². The summed E-state index contributed by atoms with van der Waals surface area (Å²) in [5, 5.41) is 3.10. The van der Waals surface area contributed by atoms with Crippen LogP contribution in [0.2, 0.25) is 5.02 Å². The predicted molar refractivity (Wildman–Crippen MR) is 82.1 cm³/mol. The third-order valence-electron chi connectivity index (χ3n) is 2.99. The first-order valence-corrected chi connectivity index (χ1v) is 6.48. The van der Waals surface area contributed by atoms with Crippen LogP contribution in [0.25, 0.3) is 22.9 Å². The molecule has 19 heavy (non-hydrogen) atoms. The number of nitrogens with zero attached hydrogens (tertiary/aromatic N) is 1. The fourth-order valence-electron chi connectivity index (χ4n) is 2.06. The number of rotatable bonds is 2. The van der Waals surface area contributed by atoms with Crippen molar-refractivity contribution >= 4 is 34.5 Å². The molecule has 0 unspecified atom stereocenters. The van der Waals surface area contributed by atoms with E-state index in [1.807, 2.05) is 60.8 Å². The van der Waals surface area contributed by atoms with Gasteiger partial charge in [-0.1, -0.05) is 54.1 Å². The van der Waals surface area contributed by atoms with Crippen LogP contribution in [0.15, 0.2) is 60.8 Å². The minimum absolute atomic E-state index is 0.744. The Morgan fingerprint density at radius 3 is 2.68 bits per heavy atom. The highest BCUT2D eigenvalue weighted by atomic mass is 35.5. The van der Waals surface area contributed by atoms with E-state index in [-0.39, 0.29) is 0 Å². The molecular formula is C17H12ClN. The van der Waals surface area contributed by atoms with Crippen LogP contribution in [0.1, 0.15) is 11.3 Å². The van der Waals surface area contributed by atoms with Gasteiger partial charge in [0.2, 0.25) is 0 Å². The zero-order valence-corrected chi connectivity index (χ0v) is 11.0. The Balaban J connectivity index is 2.02. The molecule has 0 atom stereocenters. The Hall–Kier alpha value is -2.12. The molecule has 1 aromatic heterocycles. The quantitative estimate of drug-likeness (QED) is 0.631. The molecule has 92 valence electrons. The number of halogens is 1. The lowest BCUT2D eigenvalue weighted by atomic mass is 10.1. The summed E-state index contributed by atoms with van der Waals surface area (Å²) in [5.41, 5.74) is 2.04. The topological polar surface area (TPSA) is 12.9 Å². The second-order valence-electron chi connectivity index (χ2n) is 4.31. The molecule has 0 aliphatic rings. The van der Waals surface area contributed by atoms with Gasteiger partial charge in [-0.3, -0.25) is 4.98 Å². The molecular weight excluding hydrogens is 254 g/mol. The first kappa shape index (κ1) is 11.9. The fourth-order valence-corrected chi connectivity index (χ4v) is 2.26. The van der Waals surface area contributed by atoms with Gasteiger partial charge in [0.15, 0.2) is 0 Å². The summed E-state index contributed by atoms with van der Waals surface area (Å²) in [6.45, 7) is 0. The van der Waals surface area contributed by atoms with Gasteiger partial charge in [0.25, 0.3) is 0 Å². The Morgan fingerprint density at radius 1 is 0.895 bits per heavy atom. The summed E-state index contributed by atoms with van der Waals surface area (Å²) in [5.74, 6) is 0. The summed E-state index contributed by atoms with van der Waals surface area (Å²) in [4.78, 5) is 4.42. The Morgan fingerprint density at radius 2 is 1.79 bits per heavy atom. The highest BCUT2D eigenvalue weighted by molar-refractivity contribution is 6.30. The van der Waals surface area contributed by atoms with Crippen LogP contribution in [0.5, 0.6) is 0 Å². The Labute approximate surface area is 117 Å². The van der Waals surface area contributed by atoms with Crippen molar-refractivity contribution in [3.05, 3.63) is 77.1 Å². The van der Waals surface area contributed by atoms with Gasteiger partial charge in [0, 0.05) is 16.6 Å². The number of pyridine rings is 1. The van der Waals surface area contributed by atoms with Crippen molar-refractivity contribution in [1.29, 1.82) is 0 Å². The smallest absolute Gasteiger partial charge is 0.0708 e. The molecule has 0 saturated carbocycles. The SMILES string of the molecule is Clc1cccc(C=Cc2nccc3ccccc23)c1. The molecule has 2 aromatic carbocycles. The molecule has 0 aliphatic carbocycles. The molecule has 0 aliphatic heterocycles. The molecule has 3 aromatic rings. The van der Waals surface area contributed by atoms with Crippen LogP contribution in [-0.2, 0) is 0 Å². The molecule has 0 saturated heterocycles. The van der Waals surface area contributed by atoms with Crippen LogP contribution < -0.4 is 0 Å². The van der Waals surface area contributed by atoms with Crippen molar-refractivity contribution in [1.82, 2.24) is 4.98 Å². The maximum atomic E-state index is 5.97. The minimum atomic E-state index is 0.744. The van der Waals surface area contributed by atoms with Gasteiger partial charge in [-0.05, 0) is 35.2 Å². The van der Waals surface area contributed by atoms with Gasteiger partial charge < -0.3 is 0 Å². The summed E-state index contributed by atoms with van der Waals surface area (Å²) >= 11 is 5.97. The normalized spacial score (nSPS) is 11.2.